The molecule has 150 valence electrons. The molecule has 1 heterocycles. The molecule has 30 heavy (non-hydrogen) atoms. The smallest absolute Gasteiger partial charge is 0.257 e. The summed E-state index contributed by atoms with van der Waals surface area (Å²) in [6, 6.07) is 19.7. The summed E-state index contributed by atoms with van der Waals surface area (Å²) in [6.45, 7) is 0. The third-order valence-corrected chi connectivity index (χ3v) is 4.80. The van der Waals surface area contributed by atoms with E-state index in [0.717, 1.165) is 11.1 Å². The average Bonchev–Trinajstić information content (AvgIpc) is 3.18. The number of fused-ring (bicyclic) bond motifs is 1. The van der Waals surface area contributed by atoms with E-state index in [1.807, 2.05) is 48.5 Å². The minimum Gasteiger partial charge on any atom is -0.495 e. The maximum Gasteiger partial charge on any atom is 0.257 e. The molecule has 0 spiro atoms. The van der Waals surface area contributed by atoms with Gasteiger partial charge >= 0.3 is 0 Å². The molecule has 3 aromatic carbocycles. The molecule has 0 unspecified atom stereocenters. The fourth-order valence-electron chi connectivity index (χ4n) is 2.87. The maximum atomic E-state index is 12.4. The summed E-state index contributed by atoms with van der Waals surface area (Å²) >= 11 is 11.3. The van der Waals surface area contributed by atoms with Crippen LogP contribution in [0.5, 0.6) is 5.75 Å². The molecule has 0 saturated heterocycles. The molecule has 2 N–H and O–H groups in total. The summed E-state index contributed by atoms with van der Waals surface area (Å²) in [5.41, 5.74) is 3.34. The van der Waals surface area contributed by atoms with Crippen LogP contribution in [0.25, 0.3) is 22.6 Å². The Balaban J connectivity index is 1.46. The van der Waals surface area contributed by atoms with E-state index in [4.69, 9.17) is 33.0 Å². The first-order valence-corrected chi connectivity index (χ1v) is 9.74. The number of para-hydroxylation sites is 2. The van der Waals surface area contributed by atoms with Gasteiger partial charge in [0.15, 0.2) is 10.7 Å². The van der Waals surface area contributed by atoms with E-state index >= 15 is 0 Å². The lowest BCUT2D eigenvalue weighted by molar-refractivity contribution is 0.0977. The Bertz CT molecular complexity index is 1220. The van der Waals surface area contributed by atoms with Crippen LogP contribution in [0.1, 0.15) is 10.4 Å². The number of amides is 1. The van der Waals surface area contributed by atoms with Gasteiger partial charge in [0.2, 0.25) is 5.89 Å². The first kappa shape index (κ1) is 19.9. The molecule has 0 atom stereocenters. The van der Waals surface area contributed by atoms with Gasteiger partial charge in [0.05, 0.1) is 12.1 Å². The number of methoxy groups -OCH3 is 1. The van der Waals surface area contributed by atoms with Gasteiger partial charge in [0, 0.05) is 16.8 Å². The zero-order valence-corrected chi connectivity index (χ0v) is 17.4. The third kappa shape index (κ3) is 4.27. The van der Waals surface area contributed by atoms with Gasteiger partial charge in [0.25, 0.3) is 5.91 Å². The molecule has 1 amide bonds. The number of nitrogens with one attached hydrogen (secondary N) is 2. The number of carbonyl (C=O) groups is 1. The van der Waals surface area contributed by atoms with Crippen LogP contribution in [-0.4, -0.2) is 23.1 Å². The fraction of sp³-hybridized carbons (Fsp3) is 0.0455. The van der Waals surface area contributed by atoms with E-state index in [1.165, 1.54) is 13.2 Å². The van der Waals surface area contributed by atoms with Gasteiger partial charge in [0.1, 0.15) is 11.3 Å². The number of carbonyl (C=O) groups excluding carboxylic acids is 1. The van der Waals surface area contributed by atoms with Crippen LogP contribution >= 0.6 is 23.8 Å². The number of halogens is 1. The number of ether oxygens (including phenoxy) is 1. The molecule has 0 radical (unpaired) electrons. The molecule has 0 bridgehead atoms. The van der Waals surface area contributed by atoms with E-state index in [0.29, 0.717) is 33.5 Å². The van der Waals surface area contributed by atoms with E-state index in [2.05, 4.69) is 15.6 Å². The Hall–Kier alpha value is -3.42. The second kappa shape index (κ2) is 8.52. The molecule has 0 saturated carbocycles. The number of benzene rings is 3. The summed E-state index contributed by atoms with van der Waals surface area (Å²) < 4.78 is 10.9. The summed E-state index contributed by atoms with van der Waals surface area (Å²) in [4.78, 5) is 16.9. The average molecular weight is 438 g/mol. The van der Waals surface area contributed by atoms with Gasteiger partial charge in [-0.2, -0.15) is 0 Å². The second-order valence-electron chi connectivity index (χ2n) is 6.33. The second-order valence-corrected chi connectivity index (χ2v) is 7.14. The quantitative estimate of drug-likeness (QED) is 0.423. The van der Waals surface area contributed by atoms with Crippen molar-refractivity contribution in [1.82, 2.24) is 10.3 Å². The Morgan fingerprint density at radius 1 is 1.10 bits per heavy atom. The molecule has 1 aromatic heterocycles. The van der Waals surface area contributed by atoms with Crippen LogP contribution < -0.4 is 15.4 Å². The molecular formula is C22H16ClN3O3S. The Labute approximate surface area is 182 Å². The Morgan fingerprint density at radius 2 is 1.93 bits per heavy atom. The Kier molecular flexibility index (Phi) is 5.65. The van der Waals surface area contributed by atoms with Gasteiger partial charge < -0.3 is 14.5 Å². The van der Waals surface area contributed by atoms with Crippen molar-refractivity contribution in [3.05, 3.63) is 77.3 Å². The normalized spacial score (nSPS) is 10.6. The van der Waals surface area contributed by atoms with Crippen molar-refractivity contribution in [2.45, 2.75) is 0 Å². The fourth-order valence-corrected chi connectivity index (χ4v) is 3.34. The first-order valence-electron chi connectivity index (χ1n) is 8.95. The molecule has 8 heteroatoms. The standard InChI is InChI=1S/C22H16ClN3O3S/c1-28-18-10-9-13(12-16(18)23)20(27)26-22(30)24-15-6-4-5-14(11-15)21-25-17-7-2-3-8-19(17)29-21/h2-12H,1H3,(H2,24,26,27,30). The van der Waals surface area contributed by atoms with E-state index in [-0.39, 0.29) is 11.0 Å². The highest BCUT2D eigenvalue weighted by molar-refractivity contribution is 7.80. The summed E-state index contributed by atoms with van der Waals surface area (Å²) in [7, 11) is 1.51. The monoisotopic (exact) mass is 437 g/mol. The number of hydrogen-bond acceptors (Lipinski definition) is 5. The van der Waals surface area contributed by atoms with Crippen LogP contribution in [0.15, 0.2) is 71.1 Å². The third-order valence-electron chi connectivity index (χ3n) is 4.30. The highest BCUT2D eigenvalue weighted by Gasteiger charge is 2.12. The molecule has 0 aliphatic rings. The van der Waals surface area contributed by atoms with E-state index in [1.54, 1.807) is 12.1 Å². The zero-order valence-electron chi connectivity index (χ0n) is 15.8. The lowest BCUT2D eigenvalue weighted by atomic mass is 10.2. The van der Waals surface area contributed by atoms with Crippen molar-refractivity contribution < 1.29 is 13.9 Å². The van der Waals surface area contributed by atoms with Crippen LogP contribution in [0.3, 0.4) is 0 Å². The molecule has 4 rings (SSSR count). The first-order chi connectivity index (χ1) is 14.5. The van der Waals surface area contributed by atoms with Gasteiger partial charge in [-0.3, -0.25) is 10.1 Å². The summed E-state index contributed by atoms with van der Waals surface area (Å²) in [5.74, 6) is 0.611. The molecule has 4 aromatic rings. The Morgan fingerprint density at radius 3 is 2.70 bits per heavy atom. The number of hydrogen-bond donors (Lipinski definition) is 2. The van der Waals surface area contributed by atoms with Crippen molar-refractivity contribution in [3.63, 3.8) is 0 Å². The number of nitrogens with zero attached hydrogens (tertiary/aromatic N) is 1. The minimum atomic E-state index is -0.382. The van der Waals surface area contributed by atoms with E-state index < -0.39 is 0 Å². The summed E-state index contributed by atoms with van der Waals surface area (Å²) in [5, 5.41) is 6.13. The number of anilines is 1. The molecule has 0 fully saturated rings. The largest absolute Gasteiger partial charge is 0.495 e. The van der Waals surface area contributed by atoms with Crippen LogP contribution in [0.4, 0.5) is 5.69 Å². The van der Waals surface area contributed by atoms with Crippen LogP contribution in [0.2, 0.25) is 5.02 Å². The lowest BCUT2D eigenvalue weighted by Crippen LogP contribution is -2.34. The highest BCUT2D eigenvalue weighted by Crippen LogP contribution is 2.26. The van der Waals surface area contributed by atoms with Crippen molar-refractivity contribution in [2.75, 3.05) is 12.4 Å². The molecule has 6 nitrogen and oxygen atoms in total. The number of thiocarbonyl (C=S) groups is 1. The van der Waals surface area contributed by atoms with E-state index in [9.17, 15) is 4.79 Å². The van der Waals surface area contributed by atoms with Gasteiger partial charge in [-0.05, 0) is 60.7 Å². The predicted molar refractivity (Wildman–Crippen MR) is 121 cm³/mol. The van der Waals surface area contributed by atoms with Gasteiger partial charge in [-0.1, -0.05) is 29.8 Å². The number of rotatable bonds is 4. The molecule has 0 aliphatic heterocycles. The van der Waals surface area contributed by atoms with Crippen LogP contribution in [0, 0.1) is 0 Å². The number of oxazole rings is 1. The molecule has 0 aliphatic carbocycles. The SMILES string of the molecule is COc1ccc(C(=O)NC(=S)Nc2cccc(-c3nc4ccccc4o3)c2)cc1Cl. The zero-order chi connectivity index (χ0) is 21.1. The lowest BCUT2D eigenvalue weighted by Gasteiger charge is -2.11. The van der Waals surface area contributed by atoms with Gasteiger partial charge in [-0.25, -0.2) is 4.98 Å². The van der Waals surface area contributed by atoms with Crippen LogP contribution in [-0.2, 0) is 0 Å². The van der Waals surface area contributed by atoms with Gasteiger partial charge in [-0.15, -0.1) is 0 Å². The minimum absolute atomic E-state index is 0.154. The predicted octanol–water partition coefficient (Wildman–Crippen LogP) is 5.28. The van der Waals surface area contributed by atoms with Crippen molar-refractivity contribution >= 4 is 51.6 Å². The van der Waals surface area contributed by atoms with Crippen molar-refractivity contribution in [2.24, 2.45) is 0 Å². The maximum absolute atomic E-state index is 12.4. The molecular weight excluding hydrogens is 422 g/mol. The highest BCUT2D eigenvalue weighted by atomic mass is 35.5. The topological polar surface area (TPSA) is 76.4 Å². The van der Waals surface area contributed by atoms with Crippen molar-refractivity contribution in [3.8, 4) is 17.2 Å². The number of aromatic nitrogens is 1. The van der Waals surface area contributed by atoms with Crippen molar-refractivity contribution in [1.29, 1.82) is 0 Å². The summed E-state index contributed by atoms with van der Waals surface area (Å²) in [6.07, 6.45) is 0.